The number of hydrogen-bond donors (Lipinski definition) is 0. The average Bonchev–Trinajstić information content (AvgIpc) is 2.93. The number of aromatic nitrogens is 1. The summed E-state index contributed by atoms with van der Waals surface area (Å²) in [7, 11) is 1.71. The lowest BCUT2D eigenvalue weighted by Crippen LogP contribution is -2.26. The Kier molecular flexibility index (Phi) is 3.66. The first kappa shape index (κ1) is 13.7. The van der Waals surface area contributed by atoms with E-state index in [9.17, 15) is 9.18 Å². The lowest BCUT2D eigenvalue weighted by Gasteiger charge is -2.17. The highest BCUT2D eigenvalue weighted by molar-refractivity contribution is 7.16. The summed E-state index contributed by atoms with van der Waals surface area (Å²) in [6, 6.07) is 11.7. The molecule has 0 radical (unpaired) electrons. The topological polar surface area (TPSA) is 33.2 Å². The van der Waals surface area contributed by atoms with Gasteiger partial charge in [-0.3, -0.25) is 4.79 Å². The molecule has 3 nitrogen and oxygen atoms in total. The number of halogens is 1. The Labute approximate surface area is 125 Å². The number of thiazole rings is 1. The van der Waals surface area contributed by atoms with Gasteiger partial charge in [0, 0.05) is 19.2 Å². The Hall–Kier alpha value is -2.27. The summed E-state index contributed by atoms with van der Waals surface area (Å²) in [6.45, 7) is 0.372. The van der Waals surface area contributed by atoms with Crippen LogP contribution >= 0.6 is 11.3 Å². The smallest absolute Gasteiger partial charge is 0.253 e. The number of carbonyl (C=O) groups is 1. The maximum atomic E-state index is 13.2. The molecule has 21 heavy (non-hydrogen) atoms. The van der Waals surface area contributed by atoms with E-state index >= 15 is 0 Å². The second-order valence-corrected chi connectivity index (χ2v) is 5.71. The molecular weight excluding hydrogens is 287 g/mol. The van der Waals surface area contributed by atoms with Crippen LogP contribution in [0.4, 0.5) is 4.39 Å². The highest BCUT2D eigenvalue weighted by Crippen LogP contribution is 2.20. The number of benzene rings is 2. The van der Waals surface area contributed by atoms with Gasteiger partial charge in [0.2, 0.25) is 0 Å². The molecule has 0 N–H and O–H groups in total. The third-order valence-electron chi connectivity index (χ3n) is 3.23. The van der Waals surface area contributed by atoms with Gasteiger partial charge in [-0.1, -0.05) is 12.1 Å². The van der Waals surface area contributed by atoms with Crippen molar-refractivity contribution in [3.63, 3.8) is 0 Å². The summed E-state index contributed by atoms with van der Waals surface area (Å²) in [4.78, 5) is 18.2. The van der Waals surface area contributed by atoms with E-state index in [-0.39, 0.29) is 11.7 Å². The Morgan fingerprint density at radius 2 is 2.14 bits per heavy atom. The minimum absolute atomic E-state index is 0.0884. The molecule has 5 heteroatoms. The predicted molar refractivity (Wildman–Crippen MR) is 81.8 cm³/mol. The van der Waals surface area contributed by atoms with E-state index < -0.39 is 0 Å². The van der Waals surface area contributed by atoms with Crippen molar-refractivity contribution >= 4 is 27.5 Å². The van der Waals surface area contributed by atoms with Gasteiger partial charge in [0.15, 0.2) is 0 Å². The van der Waals surface area contributed by atoms with E-state index in [2.05, 4.69) is 4.98 Å². The summed E-state index contributed by atoms with van der Waals surface area (Å²) in [5, 5.41) is 0. The van der Waals surface area contributed by atoms with Gasteiger partial charge in [-0.2, -0.15) is 0 Å². The van der Waals surface area contributed by atoms with Crippen LogP contribution in [0.1, 0.15) is 15.9 Å². The molecule has 0 atom stereocenters. The molecule has 1 heterocycles. The third-order valence-corrected chi connectivity index (χ3v) is 4.03. The number of fused-ring (bicyclic) bond motifs is 1. The van der Waals surface area contributed by atoms with Crippen molar-refractivity contribution in [1.29, 1.82) is 0 Å². The van der Waals surface area contributed by atoms with Crippen LogP contribution in [-0.4, -0.2) is 22.8 Å². The highest BCUT2D eigenvalue weighted by Gasteiger charge is 2.13. The number of carbonyl (C=O) groups excluding carboxylic acids is 1. The fourth-order valence-corrected chi connectivity index (χ4v) is 2.91. The number of nitrogens with zero attached hydrogens (tertiary/aromatic N) is 2. The molecule has 0 aliphatic rings. The summed E-state index contributed by atoms with van der Waals surface area (Å²) in [5.74, 6) is -0.381. The zero-order valence-corrected chi connectivity index (χ0v) is 12.2. The van der Waals surface area contributed by atoms with Gasteiger partial charge in [-0.15, -0.1) is 11.3 Å². The van der Waals surface area contributed by atoms with Crippen molar-refractivity contribution in [2.75, 3.05) is 7.05 Å². The molecule has 0 aliphatic carbocycles. The maximum absolute atomic E-state index is 13.2. The summed E-state index contributed by atoms with van der Waals surface area (Å²) in [6.07, 6.45) is 0. The van der Waals surface area contributed by atoms with Gasteiger partial charge in [0.05, 0.1) is 15.7 Å². The molecular formula is C16H13FN2OS. The summed E-state index contributed by atoms with van der Waals surface area (Å²) < 4.78 is 14.2. The zero-order valence-electron chi connectivity index (χ0n) is 11.4. The van der Waals surface area contributed by atoms with Crippen molar-refractivity contribution in [3.8, 4) is 0 Å². The fraction of sp³-hybridized carbons (Fsp3) is 0.125. The second-order valence-electron chi connectivity index (χ2n) is 4.83. The Bertz CT molecular complexity index is 800. The van der Waals surface area contributed by atoms with Crippen LogP contribution in [0.25, 0.3) is 10.2 Å². The molecule has 3 rings (SSSR count). The third kappa shape index (κ3) is 2.92. The molecule has 2 aromatic carbocycles. The van der Waals surface area contributed by atoms with E-state index in [4.69, 9.17) is 0 Å². The first-order valence-electron chi connectivity index (χ1n) is 6.46. The standard InChI is InChI=1S/C16H13FN2OS/c1-19(9-11-3-2-4-13(17)7-11)16(20)12-5-6-14-15(8-12)21-10-18-14/h2-8,10H,9H2,1H3. The zero-order chi connectivity index (χ0) is 14.8. The van der Waals surface area contributed by atoms with Crippen LogP contribution in [-0.2, 0) is 6.54 Å². The molecule has 3 aromatic rings. The van der Waals surface area contributed by atoms with Crippen LogP contribution < -0.4 is 0 Å². The normalized spacial score (nSPS) is 10.8. The van der Waals surface area contributed by atoms with Gasteiger partial charge in [-0.05, 0) is 35.9 Å². The molecule has 0 unspecified atom stereocenters. The number of amides is 1. The van der Waals surface area contributed by atoms with Gasteiger partial charge in [0.1, 0.15) is 5.82 Å². The molecule has 0 saturated carbocycles. The number of hydrogen-bond acceptors (Lipinski definition) is 3. The molecule has 106 valence electrons. The monoisotopic (exact) mass is 300 g/mol. The Morgan fingerprint density at radius 3 is 2.95 bits per heavy atom. The van der Waals surface area contributed by atoms with Crippen LogP contribution in [0.15, 0.2) is 48.0 Å². The first-order valence-corrected chi connectivity index (χ1v) is 7.34. The van der Waals surface area contributed by atoms with Gasteiger partial charge >= 0.3 is 0 Å². The van der Waals surface area contributed by atoms with Crippen LogP contribution in [0.2, 0.25) is 0 Å². The minimum atomic E-state index is -0.292. The van der Waals surface area contributed by atoms with Crippen LogP contribution in [0.5, 0.6) is 0 Å². The average molecular weight is 300 g/mol. The lowest BCUT2D eigenvalue weighted by molar-refractivity contribution is 0.0785. The van der Waals surface area contributed by atoms with Crippen molar-refractivity contribution in [3.05, 3.63) is 64.9 Å². The minimum Gasteiger partial charge on any atom is -0.337 e. The summed E-state index contributed by atoms with van der Waals surface area (Å²) >= 11 is 1.51. The summed E-state index contributed by atoms with van der Waals surface area (Å²) in [5.41, 5.74) is 4.04. The quantitative estimate of drug-likeness (QED) is 0.739. The van der Waals surface area contributed by atoms with Crippen LogP contribution in [0.3, 0.4) is 0 Å². The van der Waals surface area contributed by atoms with E-state index in [1.54, 1.807) is 35.7 Å². The van der Waals surface area contributed by atoms with Crippen molar-refractivity contribution in [1.82, 2.24) is 9.88 Å². The van der Waals surface area contributed by atoms with E-state index in [1.165, 1.54) is 23.5 Å². The first-order chi connectivity index (χ1) is 10.1. The molecule has 0 bridgehead atoms. The van der Waals surface area contributed by atoms with Gasteiger partial charge in [0.25, 0.3) is 5.91 Å². The number of rotatable bonds is 3. The van der Waals surface area contributed by atoms with Crippen molar-refractivity contribution < 1.29 is 9.18 Å². The molecule has 1 aromatic heterocycles. The predicted octanol–water partition coefficient (Wildman–Crippen LogP) is 3.71. The SMILES string of the molecule is CN(Cc1cccc(F)c1)C(=O)c1ccc2ncsc2c1. The van der Waals surface area contributed by atoms with Crippen molar-refractivity contribution in [2.24, 2.45) is 0 Å². The maximum Gasteiger partial charge on any atom is 0.253 e. The molecule has 0 aliphatic heterocycles. The van der Waals surface area contributed by atoms with Gasteiger partial charge in [-0.25, -0.2) is 9.37 Å². The van der Waals surface area contributed by atoms with Crippen molar-refractivity contribution in [2.45, 2.75) is 6.54 Å². The second kappa shape index (κ2) is 5.61. The largest absolute Gasteiger partial charge is 0.337 e. The highest BCUT2D eigenvalue weighted by atomic mass is 32.1. The van der Waals surface area contributed by atoms with Gasteiger partial charge < -0.3 is 4.90 Å². The molecule has 1 amide bonds. The fourth-order valence-electron chi connectivity index (χ4n) is 2.19. The Balaban J connectivity index is 1.80. The Morgan fingerprint density at radius 1 is 1.29 bits per heavy atom. The lowest BCUT2D eigenvalue weighted by atomic mass is 10.1. The van der Waals surface area contributed by atoms with E-state index in [0.717, 1.165) is 15.8 Å². The van der Waals surface area contributed by atoms with Crippen LogP contribution in [0, 0.1) is 5.82 Å². The molecule has 0 spiro atoms. The van der Waals surface area contributed by atoms with E-state index in [1.807, 2.05) is 12.1 Å². The molecule has 0 saturated heterocycles. The van der Waals surface area contributed by atoms with E-state index in [0.29, 0.717) is 12.1 Å². The molecule has 0 fully saturated rings.